The summed E-state index contributed by atoms with van der Waals surface area (Å²) in [5, 5.41) is 0.549. The van der Waals surface area contributed by atoms with E-state index >= 15 is 0 Å². The van der Waals surface area contributed by atoms with Gasteiger partial charge in [0.05, 0.1) is 15.6 Å². The van der Waals surface area contributed by atoms with Crippen molar-refractivity contribution in [3.8, 4) is 0 Å². The van der Waals surface area contributed by atoms with Gasteiger partial charge in [-0.2, -0.15) is 0 Å². The van der Waals surface area contributed by atoms with Crippen LogP contribution in [0.15, 0.2) is 40.9 Å². The highest BCUT2D eigenvalue weighted by atomic mass is 79.9. The standard InChI is InChI=1S/C13H6BrCl2FO/c14-9-6-12(17)8(5-11(9)16)13(18)7-3-1-2-4-10(7)15/h1-6H. The Kier molecular flexibility index (Phi) is 4.05. The van der Waals surface area contributed by atoms with Gasteiger partial charge in [0.1, 0.15) is 5.82 Å². The average Bonchev–Trinajstić information content (AvgIpc) is 2.33. The van der Waals surface area contributed by atoms with Crippen LogP contribution in [0.25, 0.3) is 0 Å². The molecule has 0 aliphatic heterocycles. The van der Waals surface area contributed by atoms with Gasteiger partial charge in [0.15, 0.2) is 5.78 Å². The van der Waals surface area contributed by atoms with Crippen molar-refractivity contribution >= 4 is 44.9 Å². The van der Waals surface area contributed by atoms with E-state index in [2.05, 4.69) is 15.9 Å². The zero-order valence-electron chi connectivity index (χ0n) is 8.88. The van der Waals surface area contributed by atoms with E-state index in [1.165, 1.54) is 6.07 Å². The summed E-state index contributed by atoms with van der Waals surface area (Å²) in [4.78, 5) is 12.2. The molecule has 0 heterocycles. The maximum atomic E-state index is 13.7. The van der Waals surface area contributed by atoms with Gasteiger partial charge in [-0.25, -0.2) is 4.39 Å². The zero-order valence-corrected chi connectivity index (χ0v) is 12.0. The third-order valence-corrected chi connectivity index (χ3v) is 3.90. The van der Waals surface area contributed by atoms with Crippen LogP contribution in [0.4, 0.5) is 4.39 Å². The SMILES string of the molecule is O=C(c1cc(Cl)c(Br)cc1F)c1ccccc1Cl. The smallest absolute Gasteiger partial charge is 0.197 e. The number of hydrogen-bond acceptors (Lipinski definition) is 1. The molecule has 0 aliphatic rings. The van der Waals surface area contributed by atoms with Gasteiger partial charge >= 0.3 is 0 Å². The van der Waals surface area contributed by atoms with Gasteiger partial charge < -0.3 is 0 Å². The first-order valence-electron chi connectivity index (χ1n) is 4.94. The molecule has 0 spiro atoms. The maximum Gasteiger partial charge on any atom is 0.197 e. The fourth-order valence-corrected chi connectivity index (χ4v) is 2.19. The summed E-state index contributed by atoms with van der Waals surface area (Å²) in [6, 6.07) is 8.92. The van der Waals surface area contributed by atoms with Crippen LogP contribution in [0.2, 0.25) is 10.0 Å². The third kappa shape index (κ3) is 2.58. The fraction of sp³-hybridized carbons (Fsp3) is 0. The quantitative estimate of drug-likeness (QED) is 0.544. The minimum atomic E-state index is -0.642. The van der Waals surface area contributed by atoms with E-state index in [4.69, 9.17) is 23.2 Å². The Labute approximate surface area is 122 Å². The molecule has 18 heavy (non-hydrogen) atoms. The molecule has 2 aromatic rings. The lowest BCUT2D eigenvalue weighted by Gasteiger charge is -2.06. The first-order chi connectivity index (χ1) is 8.50. The monoisotopic (exact) mass is 346 g/mol. The second-order valence-electron chi connectivity index (χ2n) is 3.56. The number of carbonyl (C=O) groups excluding carboxylic acids is 1. The molecule has 0 N–H and O–H groups in total. The lowest BCUT2D eigenvalue weighted by atomic mass is 10.0. The minimum Gasteiger partial charge on any atom is -0.288 e. The van der Waals surface area contributed by atoms with Gasteiger partial charge in [-0.3, -0.25) is 4.79 Å². The molecule has 1 nitrogen and oxygen atoms in total. The minimum absolute atomic E-state index is 0.101. The molecular formula is C13H6BrCl2FO. The molecule has 0 bridgehead atoms. The molecule has 0 radical (unpaired) electrons. The van der Waals surface area contributed by atoms with E-state index in [9.17, 15) is 9.18 Å². The first-order valence-corrected chi connectivity index (χ1v) is 6.49. The van der Waals surface area contributed by atoms with Gasteiger partial charge in [-0.1, -0.05) is 35.3 Å². The van der Waals surface area contributed by atoms with E-state index in [0.717, 1.165) is 6.07 Å². The van der Waals surface area contributed by atoms with Gasteiger partial charge in [0.25, 0.3) is 0 Å². The molecule has 0 fully saturated rings. The fourth-order valence-electron chi connectivity index (χ4n) is 1.49. The summed E-state index contributed by atoms with van der Waals surface area (Å²) in [7, 11) is 0. The van der Waals surface area contributed by atoms with Crippen molar-refractivity contribution in [3.63, 3.8) is 0 Å². The van der Waals surface area contributed by atoms with Crippen molar-refractivity contribution in [1.29, 1.82) is 0 Å². The Balaban J connectivity index is 2.53. The number of rotatable bonds is 2. The molecule has 0 amide bonds. The largest absolute Gasteiger partial charge is 0.288 e. The van der Waals surface area contributed by atoms with Crippen LogP contribution in [0.5, 0.6) is 0 Å². The molecule has 0 saturated heterocycles. The van der Waals surface area contributed by atoms with Gasteiger partial charge in [0.2, 0.25) is 0 Å². The summed E-state index contributed by atoms with van der Waals surface area (Å²) in [6.07, 6.45) is 0. The van der Waals surface area contributed by atoms with E-state index in [1.807, 2.05) is 0 Å². The number of hydrogen-bond donors (Lipinski definition) is 0. The maximum absolute atomic E-state index is 13.7. The molecule has 2 aromatic carbocycles. The van der Waals surface area contributed by atoms with E-state index < -0.39 is 11.6 Å². The molecule has 0 saturated carbocycles. The molecule has 0 atom stereocenters. The van der Waals surface area contributed by atoms with Crippen LogP contribution < -0.4 is 0 Å². The Hall–Kier alpha value is -0.900. The molecule has 0 aromatic heterocycles. The second kappa shape index (κ2) is 5.39. The average molecular weight is 348 g/mol. The summed E-state index contributed by atoms with van der Waals surface area (Å²) < 4.78 is 14.1. The molecule has 0 unspecified atom stereocenters. The van der Waals surface area contributed by atoms with Crippen LogP contribution in [0.3, 0.4) is 0 Å². The highest BCUT2D eigenvalue weighted by Crippen LogP contribution is 2.28. The number of halogens is 4. The summed E-state index contributed by atoms with van der Waals surface area (Å²) in [5.41, 5.74) is 0.146. The predicted molar refractivity (Wildman–Crippen MR) is 74.0 cm³/mol. The molecule has 5 heteroatoms. The number of carbonyl (C=O) groups is 1. The van der Waals surface area contributed by atoms with Crippen LogP contribution in [0.1, 0.15) is 15.9 Å². The van der Waals surface area contributed by atoms with Gasteiger partial charge in [-0.05, 0) is 40.2 Å². The van der Waals surface area contributed by atoms with E-state index in [0.29, 0.717) is 4.47 Å². The Morgan fingerprint density at radius 3 is 2.39 bits per heavy atom. The summed E-state index contributed by atoms with van der Waals surface area (Å²) >= 11 is 14.9. The lowest BCUT2D eigenvalue weighted by molar-refractivity contribution is 0.103. The molecule has 92 valence electrons. The van der Waals surface area contributed by atoms with Gasteiger partial charge in [-0.15, -0.1) is 0 Å². The Morgan fingerprint density at radius 1 is 1.06 bits per heavy atom. The predicted octanol–water partition coefficient (Wildman–Crippen LogP) is 5.13. The number of benzene rings is 2. The molecule has 2 rings (SSSR count). The normalized spacial score (nSPS) is 10.4. The van der Waals surface area contributed by atoms with E-state index in [1.54, 1.807) is 24.3 Å². The molecular weight excluding hydrogens is 342 g/mol. The van der Waals surface area contributed by atoms with Crippen molar-refractivity contribution in [1.82, 2.24) is 0 Å². The third-order valence-electron chi connectivity index (χ3n) is 2.37. The van der Waals surface area contributed by atoms with Crippen molar-refractivity contribution in [2.45, 2.75) is 0 Å². The summed E-state index contributed by atoms with van der Waals surface area (Å²) in [6.45, 7) is 0. The zero-order chi connectivity index (χ0) is 13.3. The Morgan fingerprint density at radius 2 is 1.72 bits per heavy atom. The van der Waals surface area contributed by atoms with Crippen molar-refractivity contribution in [2.24, 2.45) is 0 Å². The Bertz CT molecular complexity index is 628. The van der Waals surface area contributed by atoms with Crippen LogP contribution in [-0.4, -0.2) is 5.78 Å². The lowest BCUT2D eigenvalue weighted by Crippen LogP contribution is -2.05. The van der Waals surface area contributed by atoms with Crippen LogP contribution in [0, 0.1) is 5.82 Å². The summed E-state index contributed by atoms with van der Waals surface area (Å²) in [5.74, 6) is -1.14. The van der Waals surface area contributed by atoms with Crippen LogP contribution >= 0.6 is 39.1 Å². The van der Waals surface area contributed by atoms with Crippen molar-refractivity contribution in [3.05, 3.63) is 67.9 Å². The van der Waals surface area contributed by atoms with Crippen molar-refractivity contribution in [2.75, 3.05) is 0 Å². The highest BCUT2D eigenvalue weighted by Gasteiger charge is 2.18. The topological polar surface area (TPSA) is 17.1 Å². The van der Waals surface area contributed by atoms with E-state index in [-0.39, 0.29) is 21.2 Å². The first kappa shape index (κ1) is 13.5. The highest BCUT2D eigenvalue weighted by molar-refractivity contribution is 9.10. The van der Waals surface area contributed by atoms with Crippen LogP contribution in [-0.2, 0) is 0 Å². The molecule has 0 aliphatic carbocycles. The number of ketones is 1. The van der Waals surface area contributed by atoms with Crippen molar-refractivity contribution < 1.29 is 9.18 Å². The second-order valence-corrected chi connectivity index (χ2v) is 5.22. The van der Waals surface area contributed by atoms with Gasteiger partial charge in [0, 0.05) is 10.0 Å².